The van der Waals surface area contributed by atoms with Gasteiger partial charge in [-0.25, -0.2) is 0 Å². The fourth-order valence-corrected chi connectivity index (χ4v) is 5.86. The van der Waals surface area contributed by atoms with Crippen molar-refractivity contribution < 1.29 is 9.90 Å². The fourth-order valence-electron chi connectivity index (χ4n) is 5.86. The van der Waals surface area contributed by atoms with Gasteiger partial charge in [0.2, 0.25) is 5.91 Å². The summed E-state index contributed by atoms with van der Waals surface area (Å²) < 4.78 is 0. The maximum atomic E-state index is 13.0. The van der Waals surface area contributed by atoms with Crippen LogP contribution in [0.15, 0.2) is 36.5 Å². The number of hydrogen-bond donors (Lipinski definition) is 2. The highest BCUT2D eigenvalue weighted by Gasteiger charge is 2.36. The van der Waals surface area contributed by atoms with Gasteiger partial charge in [0, 0.05) is 48.0 Å². The number of aryl methyl sites for hydroxylation is 1. The molecular formula is C28H36N4O2. The van der Waals surface area contributed by atoms with Crippen LogP contribution in [0.2, 0.25) is 0 Å². The fraction of sp³-hybridized carbons (Fsp3) is 0.500. The summed E-state index contributed by atoms with van der Waals surface area (Å²) in [6, 6.07) is 11.1. The lowest BCUT2D eigenvalue weighted by Gasteiger charge is -2.33. The summed E-state index contributed by atoms with van der Waals surface area (Å²) in [5, 5.41) is 11.3. The highest BCUT2D eigenvalue weighted by atomic mass is 16.3. The van der Waals surface area contributed by atoms with Crippen molar-refractivity contribution >= 4 is 16.8 Å². The molecule has 0 radical (unpaired) electrons. The van der Waals surface area contributed by atoms with Gasteiger partial charge in [-0.1, -0.05) is 19.9 Å². The first-order valence-electron chi connectivity index (χ1n) is 12.6. The summed E-state index contributed by atoms with van der Waals surface area (Å²) in [5.41, 5.74) is 7.30. The normalized spacial score (nSPS) is 22.2. The smallest absolute Gasteiger partial charge is 0.227 e. The largest absolute Gasteiger partial charge is 0.378 e. The number of piperidine rings is 1. The first-order valence-corrected chi connectivity index (χ1v) is 12.6. The summed E-state index contributed by atoms with van der Waals surface area (Å²) in [6.45, 7) is 8.79. The molecule has 1 amide bonds. The number of amides is 1. The third-order valence-electron chi connectivity index (χ3n) is 7.77. The van der Waals surface area contributed by atoms with Crippen molar-refractivity contribution in [2.45, 2.75) is 58.1 Å². The first-order chi connectivity index (χ1) is 16.3. The lowest BCUT2D eigenvalue weighted by atomic mass is 9.87. The number of nitrogens with one attached hydrogen (secondary N) is 1. The zero-order valence-electron chi connectivity index (χ0n) is 20.7. The number of aliphatic hydroxyl groups excluding tert-OH is 1. The molecule has 1 aromatic carbocycles. The molecule has 2 aromatic heterocycles. The standard InChI is InChI=1S/C28H36N4O2/c1-17(2)26-23-14-20(5-6-24(23)30-27(26)21-7-10-29-18(3)13-21)19-8-11-32(12-9-19)28(34)22-15-25(33)31(4)16-22/h5-7,10,13-14,17,19,22,25,30,33H,8-9,11-12,15-16H2,1-4H3. The van der Waals surface area contributed by atoms with E-state index in [0.29, 0.717) is 24.8 Å². The number of aromatic nitrogens is 2. The Hall–Kier alpha value is -2.70. The predicted octanol–water partition coefficient (Wildman–Crippen LogP) is 4.64. The molecule has 2 fully saturated rings. The van der Waals surface area contributed by atoms with Crippen LogP contribution in [0.3, 0.4) is 0 Å². The van der Waals surface area contributed by atoms with Gasteiger partial charge in [-0.05, 0) is 80.5 Å². The molecular weight excluding hydrogens is 424 g/mol. The molecule has 2 unspecified atom stereocenters. The van der Waals surface area contributed by atoms with E-state index in [1.165, 1.54) is 33.3 Å². The van der Waals surface area contributed by atoms with Gasteiger partial charge >= 0.3 is 0 Å². The number of aromatic amines is 1. The van der Waals surface area contributed by atoms with Gasteiger partial charge in [0.15, 0.2) is 0 Å². The van der Waals surface area contributed by atoms with E-state index >= 15 is 0 Å². The van der Waals surface area contributed by atoms with Crippen molar-refractivity contribution in [3.8, 4) is 11.3 Å². The molecule has 5 rings (SSSR count). The number of likely N-dealkylation sites (tertiary alicyclic amines) is 2. The average molecular weight is 461 g/mol. The predicted molar refractivity (Wildman–Crippen MR) is 136 cm³/mol. The van der Waals surface area contributed by atoms with Crippen LogP contribution in [-0.4, -0.2) is 63.7 Å². The molecule has 6 nitrogen and oxygen atoms in total. The third-order valence-corrected chi connectivity index (χ3v) is 7.77. The maximum absolute atomic E-state index is 13.0. The van der Waals surface area contributed by atoms with Gasteiger partial charge in [0.05, 0.1) is 11.6 Å². The molecule has 4 heterocycles. The van der Waals surface area contributed by atoms with Crippen molar-refractivity contribution in [1.29, 1.82) is 0 Å². The molecule has 2 aliphatic rings. The molecule has 0 bridgehead atoms. The number of aliphatic hydroxyl groups is 1. The summed E-state index contributed by atoms with van der Waals surface area (Å²) in [4.78, 5) is 24.9. The number of nitrogens with zero attached hydrogens (tertiary/aromatic N) is 3. The van der Waals surface area contributed by atoms with E-state index < -0.39 is 6.23 Å². The second-order valence-corrected chi connectivity index (χ2v) is 10.5. The van der Waals surface area contributed by atoms with Crippen LogP contribution in [0.4, 0.5) is 0 Å². The molecule has 2 saturated heterocycles. The van der Waals surface area contributed by atoms with E-state index in [4.69, 9.17) is 0 Å². The number of benzene rings is 1. The molecule has 6 heteroatoms. The van der Waals surface area contributed by atoms with Crippen molar-refractivity contribution in [3.05, 3.63) is 53.3 Å². The molecule has 0 spiro atoms. The number of carbonyl (C=O) groups excluding carboxylic acids is 1. The van der Waals surface area contributed by atoms with E-state index in [9.17, 15) is 9.90 Å². The Balaban J connectivity index is 1.36. The van der Waals surface area contributed by atoms with Gasteiger partial charge < -0.3 is 15.0 Å². The molecule has 2 aliphatic heterocycles. The SMILES string of the molecule is Cc1cc(-c2[nH]c3ccc(C4CCN(C(=O)C5CC(O)N(C)C5)CC4)cc3c2C(C)C)ccn1. The van der Waals surface area contributed by atoms with Crippen LogP contribution in [-0.2, 0) is 4.79 Å². The number of H-pyrrole nitrogens is 1. The molecule has 2 N–H and O–H groups in total. The first kappa shape index (κ1) is 23.1. The minimum atomic E-state index is -0.490. The number of carbonyl (C=O) groups is 1. The highest BCUT2D eigenvalue weighted by molar-refractivity contribution is 5.92. The van der Waals surface area contributed by atoms with Crippen LogP contribution in [0.5, 0.6) is 0 Å². The number of rotatable bonds is 4. The lowest BCUT2D eigenvalue weighted by molar-refractivity contribution is -0.136. The van der Waals surface area contributed by atoms with E-state index in [0.717, 1.165) is 31.6 Å². The minimum absolute atomic E-state index is 0.0726. The molecule has 34 heavy (non-hydrogen) atoms. The summed E-state index contributed by atoms with van der Waals surface area (Å²) in [5.74, 6) is 0.998. The highest BCUT2D eigenvalue weighted by Crippen LogP contribution is 2.38. The molecule has 0 aliphatic carbocycles. The van der Waals surface area contributed by atoms with E-state index in [2.05, 4.69) is 54.1 Å². The quantitative estimate of drug-likeness (QED) is 0.595. The monoisotopic (exact) mass is 460 g/mol. The van der Waals surface area contributed by atoms with Crippen LogP contribution in [0, 0.1) is 12.8 Å². The van der Waals surface area contributed by atoms with Crippen molar-refractivity contribution in [2.24, 2.45) is 5.92 Å². The van der Waals surface area contributed by atoms with Crippen LogP contribution < -0.4 is 0 Å². The van der Waals surface area contributed by atoms with Gasteiger partial charge in [0.25, 0.3) is 0 Å². The Morgan fingerprint density at radius 1 is 1.18 bits per heavy atom. The Morgan fingerprint density at radius 2 is 1.94 bits per heavy atom. The Morgan fingerprint density at radius 3 is 2.59 bits per heavy atom. The van der Waals surface area contributed by atoms with Crippen LogP contribution in [0.25, 0.3) is 22.2 Å². The van der Waals surface area contributed by atoms with E-state index in [1.54, 1.807) is 0 Å². The maximum Gasteiger partial charge on any atom is 0.227 e. The van der Waals surface area contributed by atoms with Gasteiger partial charge in [0.1, 0.15) is 6.23 Å². The summed E-state index contributed by atoms with van der Waals surface area (Å²) in [6.07, 6.45) is 3.91. The Kier molecular flexibility index (Phi) is 6.21. The third kappa shape index (κ3) is 4.25. The summed E-state index contributed by atoms with van der Waals surface area (Å²) in [7, 11) is 1.88. The Labute approximate surface area is 202 Å². The van der Waals surface area contributed by atoms with Gasteiger partial charge in [-0.2, -0.15) is 0 Å². The number of fused-ring (bicyclic) bond motifs is 1. The minimum Gasteiger partial charge on any atom is -0.378 e. The second kappa shape index (κ2) is 9.16. The number of pyridine rings is 1. The zero-order valence-corrected chi connectivity index (χ0v) is 20.7. The Bertz CT molecular complexity index is 1180. The van der Waals surface area contributed by atoms with Crippen molar-refractivity contribution in [2.75, 3.05) is 26.7 Å². The molecule has 180 valence electrons. The summed E-state index contributed by atoms with van der Waals surface area (Å²) >= 11 is 0. The van der Waals surface area contributed by atoms with Crippen LogP contribution >= 0.6 is 0 Å². The van der Waals surface area contributed by atoms with E-state index in [1.807, 2.05) is 30.0 Å². The molecule has 2 atom stereocenters. The van der Waals surface area contributed by atoms with Gasteiger partial charge in [-0.15, -0.1) is 0 Å². The average Bonchev–Trinajstić information content (AvgIpc) is 3.38. The molecule has 3 aromatic rings. The number of hydrogen-bond acceptors (Lipinski definition) is 4. The zero-order chi connectivity index (χ0) is 24.0. The van der Waals surface area contributed by atoms with Crippen LogP contribution in [0.1, 0.15) is 61.8 Å². The second-order valence-electron chi connectivity index (χ2n) is 10.5. The van der Waals surface area contributed by atoms with Gasteiger partial charge in [-0.3, -0.25) is 14.7 Å². The van der Waals surface area contributed by atoms with Crippen molar-refractivity contribution in [3.63, 3.8) is 0 Å². The van der Waals surface area contributed by atoms with E-state index in [-0.39, 0.29) is 11.8 Å². The topological polar surface area (TPSA) is 72.5 Å². The molecule has 0 saturated carbocycles. The van der Waals surface area contributed by atoms with Crippen molar-refractivity contribution in [1.82, 2.24) is 19.8 Å². The lowest BCUT2D eigenvalue weighted by Crippen LogP contribution is -2.42.